The van der Waals surface area contributed by atoms with Crippen LogP contribution in [0.4, 0.5) is 18.9 Å². The van der Waals surface area contributed by atoms with Gasteiger partial charge in [-0.1, -0.05) is 0 Å². The minimum absolute atomic E-state index is 0.00787. The van der Waals surface area contributed by atoms with Gasteiger partial charge < -0.3 is 5.43 Å². The van der Waals surface area contributed by atoms with Crippen LogP contribution >= 0.6 is 23.4 Å². The zero-order valence-electron chi connectivity index (χ0n) is 7.44. The Bertz CT molecular complexity index is 343. The van der Waals surface area contributed by atoms with Crippen LogP contribution in [0.5, 0.6) is 0 Å². The molecule has 15 heavy (non-hydrogen) atoms. The maximum atomic E-state index is 12.1. The van der Waals surface area contributed by atoms with Gasteiger partial charge in [-0.05, 0) is 35.5 Å². The Kier molecular flexibility index (Phi) is 4.12. The van der Waals surface area contributed by atoms with E-state index >= 15 is 0 Å². The van der Waals surface area contributed by atoms with E-state index in [1.165, 1.54) is 18.2 Å². The molecule has 0 fully saturated rings. The van der Waals surface area contributed by atoms with Gasteiger partial charge in [-0.3, -0.25) is 5.84 Å². The summed E-state index contributed by atoms with van der Waals surface area (Å²) in [7, 11) is 0. The molecule has 1 rings (SSSR count). The van der Waals surface area contributed by atoms with Crippen LogP contribution in [0.25, 0.3) is 0 Å². The molecule has 0 aliphatic heterocycles. The number of alkyl halides is 4. The summed E-state index contributed by atoms with van der Waals surface area (Å²) < 4.78 is 36.4. The molecule has 3 N–H and O–H groups in total. The fourth-order valence-corrected chi connectivity index (χ4v) is 1.95. The van der Waals surface area contributed by atoms with Crippen molar-refractivity contribution in [2.45, 2.75) is 16.3 Å². The molecule has 0 unspecified atom stereocenters. The van der Waals surface area contributed by atoms with Gasteiger partial charge in [0.1, 0.15) is 0 Å². The van der Waals surface area contributed by atoms with Crippen LogP contribution < -0.4 is 11.3 Å². The second-order valence-corrected chi connectivity index (χ2v) is 4.02. The lowest BCUT2D eigenvalue weighted by Gasteiger charge is -2.10. The van der Waals surface area contributed by atoms with Crippen LogP contribution in [-0.4, -0.2) is 5.51 Å². The van der Waals surface area contributed by atoms with Gasteiger partial charge in [-0.25, -0.2) is 0 Å². The number of hydrazine groups is 1. The van der Waals surface area contributed by atoms with E-state index in [2.05, 4.69) is 5.43 Å². The van der Waals surface area contributed by atoms with Crippen LogP contribution in [0.15, 0.2) is 23.1 Å². The first-order valence-corrected chi connectivity index (χ1v) is 5.22. The fraction of sp³-hybridized carbons (Fsp3) is 0.250. The molecule has 1 aromatic rings. The summed E-state index contributed by atoms with van der Waals surface area (Å²) in [6, 6.07) is 4.29. The Morgan fingerprint density at radius 1 is 1.40 bits per heavy atom. The van der Waals surface area contributed by atoms with Crippen molar-refractivity contribution in [2.75, 3.05) is 5.43 Å². The Morgan fingerprint density at radius 2 is 2.07 bits per heavy atom. The summed E-state index contributed by atoms with van der Waals surface area (Å²) in [4.78, 5) is 0.0940. The van der Waals surface area contributed by atoms with Crippen LogP contribution in [0.2, 0.25) is 0 Å². The number of rotatable bonds is 3. The highest BCUT2D eigenvalue weighted by Crippen LogP contribution is 2.39. The molecule has 0 aromatic heterocycles. The van der Waals surface area contributed by atoms with E-state index in [0.29, 0.717) is 11.3 Å². The predicted molar refractivity (Wildman–Crippen MR) is 55.7 cm³/mol. The minimum atomic E-state index is -4.31. The van der Waals surface area contributed by atoms with Gasteiger partial charge in [0.25, 0.3) is 0 Å². The summed E-state index contributed by atoms with van der Waals surface area (Å²) in [5, 5.41) is 0. The smallest absolute Gasteiger partial charge is 0.324 e. The molecule has 7 heteroatoms. The Balaban J connectivity index is 2.97. The molecule has 0 aliphatic carbocycles. The maximum absolute atomic E-state index is 12.1. The third kappa shape index (κ3) is 3.81. The summed E-state index contributed by atoms with van der Waals surface area (Å²) in [5.41, 5.74) is -1.04. The van der Waals surface area contributed by atoms with Gasteiger partial charge >= 0.3 is 5.51 Å². The van der Waals surface area contributed by atoms with Crippen molar-refractivity contribution in [1.29, 1.82) is 0 Å². The zero-order chi connectivity index (χ0) is 11.5. The first-order chi connectivity index (χ1) is 6.96. The molecule has 0 saturated carbocycles. The SMILES string of the molecule is NNc1ccc(SC(F)(F)F)c(CCl)c1. The Labute approximate surface area is 93.9 Å². The molecule has 84 valence electrons. The number of hydrogen-bond acceptors (Lipinski definition) is 3. The number of hydrogen-bond donors (Lipinski definition) is 2. The lowest BCUT2D eigenvalue weighted by atomic mass is 10.2. The molecule has 0 atom stereocenters. The molecule has 1 aromatic carbocycles. The molecule has 0 amide bonds. The monoisotopic (exact) mass is 256 g/mol. The summed E-state index contributed by atoms with van der Waals surface area (Å²) >= 11 is 5.36. The van der Waals surface area contributed by atoms with Gasteiger partial charge in [0.2, 0.25) is 0 Å². The number of benzene rings is 1. The van der Waals surface area contributed by atoms with E-state index in [-0.39, 0.29) is 22.5 Å². The summed E-state index contributed by atoms with van der Waals surface area (Å²) in [6.07, 6.45) is 0. The van der Waals surface area contributed by atoms with E-state index in [0.717, 1.165) is 0 Å². The largest absolute Gasteiger partial charge is 0.446 e. The molecule has 0 heterocycles. The number of nitrogens with one attached hydrogen (secondary N) is 1. The molecule has 2 nitrogen and oxygen atoms in total. The van der Waals surface area contributed by atoms with Gasteiger partial charge in [-0.15, -0.1) is 11.6 Å². The van der Waals surface area contributed by atoms with Gasteiger partial charge in [-0.2, -0.15) is 13.2 Å². The van der Waals surface area contributed by atoms with E-state index in [1.54, 1.807) is 0 Å². The van der Waals surface area contributed by atoms with Gasteiger partial charge in [0.15, 0.2) is 0 Å². The maximum Gasteiger partial charge on any atom is 0.446 e. The molecule has 0 bridgehead atoms. The standard InChI is InChI=1S/C8H8ClF3N2S/c9-4-5-3-6(14-13)1-2-7(5)15-8(10,11)12/h1-3,14H,4,13H2. The second-order valence-electron chi connectivity index (χ2n) is 2.65. The van der Waals surface area contributed by atoms with Crippen LogP contribution in [0.1, 0.15) is 5.56 Å². The van der Waals surface area contributed by atoms with E-state index < -0.39 is 5.51 Å². The second kappa shape index (κ2) is 4.96. The number of thioether (sulfide) groups is 1. The van der Waals surface area contributed by atoms with E-state index in [4.69, 9.17) is 17.4 Å². The molecule has 0 aliphatic rings. The van der Waals surface area contributed by atoms with Crippen LogP contribution in [0.3, 0.4) is 0 Å². The van der Waals surface area contributed by atoms with Crippen molar-refractivity contribution in [3.8, 4) is 0 Å². The highest BCUT2D eigenvalue weighted by atomic mass is 35.5. The predicted octanol–water partition coefficient (Wildman–Crippen LogP) is 3.32. The lowest BCUT2D eigenvalue weighted by molar-refractivity contribution is -0.0328. The third-order valence-corrected chi connectivity index (χ3v) is 2.73. The first kappa shape index (κ1) is 12.5. The molecule has 0 saturated heterocycles. The highest BCUT2D eigenvalue weighted by Gasteiger charge is 2.30. The van der Waals surface area contributed by atoms with E-state index in [9.17, 15) is 13.2 Å². The average molecular weight is 257 g/mol. The average Bonchev–Trinajstić information content (AvgIpc) is 2.16. The first-order valence-electron chi connectivity index (χ1n) is 3.87. The Morgan fingerprint density at radius 3 is 2.53 bits per heavy atom. The van der Waals surface area contributed by atoms with Crippen molar-refractivity contribution in [2.24, 2.45) is 5.84 Å². The van der Waals surface area contributed by atoms with Crippen molar-refractivity contribution < 1.29 is 13.2 Å². The summed E-state index contributed by atoms with van der Waals surface area (Å²) in [5.74, 6) is 5.14. The third-order valence-electron chi connectivity index (χ3n) is 1.60. The van der Waals surface area contributed by atoms with Crippen LogP contribution in [0, 0.1) is 0 Å². The molecule has 0 spiro atoms. The summed E-state index contributed by atoms with van der Waals surface area (Å²) in [6.45, 7) is 0. The molecule has 0 radical (unpaired) electrons. The molecular formula is C8H8ClF3N2S. The number of nitrogens with two attached hydrogens (primary N) is 1. The molecular weight excluding hydrogens is 249 g/mol. The quantitative estimate of drug-likeness (QED) is 0.377. The number of nitrogen functional groups attached to an aromatic ring is 1. The number of halogens is 4. The van der Waals surface area contributed by atoms with Gasteiger partial charge in [0.05, 0.1) is 0 Å². The van der Waals surface area contributed by atoms with Gasteiger partial charge in [0, 0.05) is 16.5 Å². The minimum Gasteiger partial charge on any atom is -0.324 e. The Hall–Kier alpha value is -0.590. The normalized spacial score (nSPS) is 11.5. The van der Waals surface area contributed by atoms with Crippen molar-refractivity contribution in [3.05, 3.63) is 23.8 Å². The van der Waals surface area contributed by atoms with Crippen molar-refractivity contribution in [3.63, 3.8) is 0 Å². The van der Waals surface area contributed by atoms with E-state index in [1.807, 2.05) is 0 Å². The number of anilines is 1. The van der Waals surface area contributed by atoms with Crippen LogP contribution in [-0.2, 0) is 5.88 Å². The van der Waals surface area contributed by atoms with Crippen molar-refractivity contribution >= 4 is 29.1 Å². The zero-order valence-corrected chi connectivity index (χ0v) is 9.01. The fourth-order valence-electron chi connectivity index (χ4n) is 0.998. The lowest BCUT2D eigenvalue weighted by Crippen LogP contribution is -2.07. The topological polar surface area (TPSA) is 38.0 Å². The highest BCUT2D eigenvalue weighted by molar-refractivity contribution is 8.00. The van der Waals surface area contributed by atoms with Crippen molar-refractivity contribution in [1.82, 2.24) is 0 Å².